The first-order valence-corrected chi connectivity index (χ1v) is 8.53. The molecule has 1 atom stereocenters. The van der Waals surface area contributed by atoms with Crippen molar-refractivity contribution >= 4 is 23.2 Å². The van der Waals surface area contributed by atoms with Crippen LogP contribution in [-0.4, -0.2) is 41.5 Å². The standard InChI is InChI=1S/C16H22N4O3S/c1-10(2)15(20-14(21)9-23-3)16(22)18-8-13-17-7-11(19-13)12-5-4-6-24-12/h4-7,10,15H,8-9H2,1-3H3,(H,17,19)(H,18,22)(H,20,21)/t15-/m0/s1. The third-order valence-corrected chi connectivity index (χ3v) is 4.29. The summed E-state index contributed by atoms with van der Waals surface area (Å²) in [4.78, 5) is 32.5. The summed E-state index contributed by atoms with van der Waals surface area (Å²) in [5, 5.41) is 7.47. The molecule has 2 heterocycles. The van der Waals surface area contributed by atoms with Gasteiger partial charge >= 0.3 is 0 Å². The highest BCUT2D eigenvalue weighted by atomic mass is 32.1. The van der Waals surface area contributed by atoms with Crippen LogP contribution in [0.1, 0.15) is 19.7 Å². The number of rotatable bonds is 8. The number of hydrogen-bond donors (Lipinski definition) is 3. The van der Waals surface area contributed by atoms with Gasteiger partial charge < -0.3 is 20.4 Å². The second-order valence-electron chi connectivity index (χ2n) is 5.66. The summed E-state index contributed by atoms with van der Waals surface area (Å²) in [6.45, 7) is 3.95. The second kappa shape index (κ2) is 8.60. The SMILES string of the molecule is COCC(=O)N[C@H](C(=O)NCc1ncc(-c2cccs2)[nH]1)C(C)C. The molecule has 0 spiro atoms. The van der Waals surface area contributed by atoms with E-state index in [4.69, 9.17) is 4.74 Å². The molecule has 2 rings (SSSR count). The first-order valence-electron chi connectivity index (χ1n) is 7.65. The highest BCUT2D eigenvalue weighted by Gasteiger charge is 2.24. The molecule has 7 nitrogen and oxygen atoms in total. The molecule has 0 fully saturated rings. The fourth-order valence-electron chi connectivity index (χ4n) is 2.17. The molecular weight excluding hydrogens is 328 g/mol. The average Bonchev–Trinajstić information content (AvgIpc) is 3.21. The Balaban J connectivity index is 1.91. The number of aromatic amines is 1. The number of nitrogens with zero attached hydrogens (tertiary/aromatic N) is 1. The van der Waals surface area contributed by atoms with E-state index >= 15 is 0 Å². The molecule has 0 aliphatic carbocycles. The first-order chi connectivity index (χ1) is 11.5. The zero-order valence-electron chi connectivity index (χ0n) is 14.0. The van der Waals surface area contributed by atoms with Gasteiger partial charge in [0.05, 0.1) is 23.3 Å². The van der Waals surface area contributed by atoms with Crippen molar-refractivity contribution in [3.05, 3.63) is 29.5 Å². The minimum Gasteiger partial charge on any atom is -0.375 e. The molecule has 130 valence electrons. The summed E-state index contributed by atoms with van der Waals surface area (Å²) in [5.41, 5.74) is 0.919. The Hall–Kier alpha value is -2.19. The lowest BCUT2D eigenvalue weighted by Crippen LogP contribution is -2.50. The van der Waals surface area contributed by atoms with Crippen LogP contribution < -0.4 is 10.6 Å². The van der Waals surface area contributed by atoms with Gasteiger partial charge in [0, 0.05) is 7.11 Å². The van der Waals surface area contributed by atoms with Gasteiger partial charge in [0.15, 0.2) is 0 Å². The molecule has 8 heteroatoms. The van der Waals surface area contributed by atoms with Crippen molar-refractivity contribution in [1.29, 1.82) is 0 Å². The van der Waals surface area contributed by atoms with E-state index in [0.29, 0.717) is 5.82 Å². The maximum atomic E-state index is 12.3. The van der Waals surface area contributed by atoms with Crippen LogP contribution in [0.4, 0.5) is 0 Å². The fourth-order valence-corrected chi connectivity index (χ4v) is 2.86. The van der Waals surface area contributed by atoms with Crippen molar-refractivity contribution in [3.63, 3.8) is 0 Å². The van der Waals surface area contributed by atoms with E-state index in [1.807, 2.05) is 31.4 Å². The zero-order chi connectivity index (χ0) is 17.5. The summed E-state index contributed by atoms with van der Waals surface area (Å²) in [6, 6.07) is 3.36. The van der Waals surface area contributed by atoms with Gasteiger partial charge in [-0.25, -0.2) is 4.98 Å². The summed E-state index contributed by atoms with van der Waals surface area (Å²) >= 11 is 1.62. The monoisotopic (exact) mass is 350 g/mol. The third-order valence-electron chi connectivity index (χ3n) is 3.39. The zero-order valence-corrected chi connectivity index (χ0v) is 14.8. The number of carbonyl (C=O) groups is 2. The van der Waals surface area contributed by atoms with Gasteiger partial charge in [0.1, 0.15) is 18.5 Å². The van der Waals surface area contributed by atoms with Crippen LogP contribution in [0.5, 0.6) is 0 Å². The molecule has 0 radical (unpaired) electrons. The highest BCUT2D eigenvalue weighted by Crippen LogP contribution is 2.22. The molecular formula is C16H22N4O3S. The molecule has 2 amide bonds. The summed E-state index contributed by atoms with van der Waals surface area (Å²) in [7, 11) is 1.44. The van der Waals surface area contributed by atoms with E-state index in [2.05, 4.69) is 20.6 Å². The molecule has 2 aromatic heterocycles. The van der Waals surface area contributed by atoms with Gasteiger partial charge in [-0.2, -0.15) is 0 Å². The Kier molecular flexibility index (Phi) is 6.51. The topological polar surface area (TPSA) is 96.1 Å². The number of ether oxygens (including phenoxy) is 1. The molecule has 3 N–H and O–H groups in total. The van der Waals surface area contributed by atoms with Gasteiger partial charge in [-0.05, 0) is 17.4 Å². The van der Waals surface area contributed by atoms with Crippen molar-refractivity contribution in [2.75, 3.05) is 13.7 Å². The Morgan fingerprint density at radius 3 is 2.83 bits per heavy atom. The third kappa shape index (κ3) is 4.90. The molecule has 0 aromatic carbocycles. The number of H-pyrrole nitrogens is 1. The molecule has 24 heavy (non-hydrogen) atoms. The van der Waals surface area contributed by atoms with Gasteiger partial charge in [0.25, 0.3) is 0 Å². The highest BCUT2D eigenvalue weighted by molar-refractivity contribution is 7.13. The summed E-state index contributed by atoms with van der Waals surface area (Å²) in [5.74, 6) is 0.0643. The van der Waals surface area contributed by atoms with Gasteiger partial charge in [-0.3, -0.25) is 9.59 Å². The van der Waals surface area contributed by atoms with E-state index < -0.39 is 6.04 Å². The number of nitrogens with one attached hydrogen (secondary N) is 3. The van der Waals surface area contributed by atoms with E-state index in [1.165, 1.54) is 7.11 Å². The lowest BCUT2D eigenvalue weighted by atomic mass is 10.0. The van der Waals surface area contributed by atoms with Crippen molar-refractivity contribution in [2.24, 2.45) is 5.92 Å². The second-order valence-corrected chi connectivity index (χ2v) is 6.61. The molecule has 0 aliphatic rings. The normalized spacial score (nSPS) is 12.2. The number of carbonyl (C=O) groups excluding carboxylic acids is 2. The Labute approximate surface area is 144 Å². The van der Waals surface area contributed by atoms with E-state index in [1.54, 1.807) is 17.5 Å². The minimum absolute atomic E-state index is 0.0379. The van der Waals surface area contributed by atoms with E-state index in [0.717, 1.165) is 10.6 Å². The van der Waals surface area contributed by atoms with Crippen molar-refractivity contribution in [1.82, 2.24) is 20.6 Å². The van der Waals surface area contributed by atoms with Crippen LogP contribution >= 0.6 is 11.3 Å². The van der Waals surface area contributed by atoms with E-state index in [9.17, 15) is 9.59 Å². The maximum absolute atomic E-state index is 12.3. The van der Waals surface area contributed by atoms with Crippen LogP contribution in [0.25, 0.3) is 10.6 Å². The van der Waals surface area contributed by atoms with Gasteiger partial charge in [-0.1, -0.05) is 19.9 Å². The maximum Gasteiger partial charge on any atom is 0.246 e. The number of amides is 2. The van der Waals surface area contributed by atoms with Crippen LogP contribution in [0, 0.1) is 5.92 Å². The van der Waals surface area contributed by atoms with Crippen LogP contribution in [-0.2, 0) is 20.9 Å². The van der Waals surface area contributed by atoms with E-state index in [-0.39, 0.29) is 30.9 Å². The van der Waals surface area contributed by atoms with Crippen LogP contribution in [0.15, 0.2) is 23.7 Å². The molecule has 0 saturated carbocycles. The molecule has 2 aromatic rings. The Bertz CT molecular complexity index is 667. The number of thiophene rings is 1. The lowest BCUT2D eigenvalue weighted by molar-refractivity contribution is -0.132. The van der Waals surface area contributed by atoms with Gasteiger partial charge in [0.2, 0.25) is 11.8 Å². The van der Waals surface area contributed by atoms with Crippen molar-refractivity contribution in [2.45, 2.75) is 26.4 Å². The summed E-state index contributed by atoms with van der Waals surface area (Å²) < 4.78 is 4.77. The number of aromatic nitrogens is 2. The van der Waals surface area contributed by atoms with Crippen molar-refractivity contribution < 1.29 is 14.3 Å². The summed E-state index contributed by atoms with van der Waals surface area (Å²) in [6.07, 6.45) is 1.74. The Morgan fingerprint density at radius 2 is 2.21 bits per heavy atom. The number of methoxy groups -OCH3 is 1. The van der Waals surface area contributed by atoms with Crippen LogP contribution in [0.3, 0.4) is 0 Å². The van der Waals surface area contributed by atoms with Crippen LogP contribution in [0.2, 0.25) is 0 Å². The van der Waals surface area contributed by atoms with Crippen molar-refractivity contribution in [3.8, 4) is 10.6 Å². The smallest absolute Gasteiger partial charge is 0.246 e. The predicted octanol–water partition coefficient (Wildman–Crippen LogP) is 1.54. The largest absolute Gasteiger partial charge is 0.375 e. The quantitative estimate of drug-likeness (QED) is 0.673. The molecule has 0 bridgehead atoms. The predicted molar refractivity (Wildman–Crippen MR) is 92.4 cm³/mol. The fraction of sp³-hybridized carbons (Fsp3) is 0.438. The molecule has 0 unspecified atom stereocenters. The first kappa shape index (κ1) is 18.2. The minimum atomic E-state index is -0.612. The molecule has 0 saturated heterocycles. The number of imidazole rings is 1. The molecule has 0 aliphatic heterocycles. The lowest BCUT2D eigenvalue weighted by Gasteiger charge is -2.21. The van der Waals surface area contributed by atoms with Gasteiger partial charge in [-0.15, -0.1) is 11.3 Å². The number of hydrogen-bond acceptors (Lipinski definition) is 5. The Morgan fingerprint density at radius 1 is 1.42 bits per heavy atom. The average molecular weight is 350 g/mol.